The maximum absolute atomic E-state index is 12.4. The number of likely N-dealkylation sites (tertiary alicyclic amines) is 2. The predicted molar refractivity (Wildman–Crippen MR) is 133 cm³/mol. The van der Waals surface area contributed by atoms with Gasteiger partial charge in [-0.05, 0) is 87.1 Å². The van der Waals surface area contributed by atoms with Gasteiger partial charge in [-0.1, -0.05) is 0 Å². The lowest BCUT2D eigenvalue weighted by Crippen LogP contribution is -2.54. The number of hydrogen-bond donors (Lipinski definition) is 2. The summed E-state index contributed by atoms with van der Waals surface area (Å²) in [5.74, 6) is -0.868. The maximum Gasteiger partial charge on any atom is 0.325 e. The van der Waals surface area contributed by atoms with E-state index in [1.165, 1.54) is 0 Å². The summed E-state index contributed by atoms with van der Waals surface area (Å²) in [4.78, 5) is 50.8. The molecule has 3 N–H and O–H groups in total. The Bertz CT molecular complexity index is 739. The minimum absolute atomic E-state index is 0.00643. The summed E-state index contributed by atoms with van der Waals surface area (Å²) in [5, 5.41) is 3.02. The predicted octanol–water partition coefficient (Wildman–Crippen LogP) is 1.60. The molecule has 2 aliphatic rings. The molecule has 10 heteroatoms. The highest BCUT2D eigenvalue weighted by Crippen LogP contribution is 2.28. The molecule has 2 atom stereocenters. The van der Waals surface area contributed by atoms with Crippen LogP contribution in [0.2, 0.25) is 0 Å². The first-order valence-corrected chi connectivity index (χ1v) is 12.7. The van der Waals surface area contributed by atoms with Crippen molar-refractivity contribution in [3.8, 4) is 0 Å². The molecule has 0 saturated carbocycles. The standard InChI is InChI=1S/C13H24N2O3.C12H22N2O3/c1-5-18-11(16)9-15-12(17)10(14-4)7-6-8-13(15,2)3;1-4-17-10(15)8-14-11(16)9(13)6-5-7-12(14,2)3/h10,14H,5-9H2,1-4H3;9H,4-8,13H2,1-3H3/t10-;9-/m00/s1. The van der Waals surface area contributed by atoms with Crippen LogP contribution in [0.1, 0.15) is 80.1 Å². The van der Waals surface area contributed by atoms with Crippen LogP contribution in [0.25, 0.3) is 0 Å². The topological polar surface area (TPSA) is 131 Å². The zero-order chi connectivity index (χ0) is 26.8. The van der Waals surface area contributed by atoms with Crippen molar-refractivity contribution in [1.82, 2.24) is 15.1 Å². The van der Waals surface area contributed by atoms with Gasteiger partial charge in [-0.2, -0.15) is 0 Å². The van der Waals surface area contributed by atoms with Crippen LogP contribution in [0.15, 0.2) is 0 Å². The van der Waals surface area contributed by atoms with Gasteiger partial charge in [0.15, 0.2) is 0 Å². The molecule has 2 heterocycles. The van der Waals surface area contributed by atoms with E-state index in [0.29, 0.717) is 19.6 Å². The highest BCUT2D eigenvalue weighted by molar-refractivity contribution is 5.87. The van der Waals surface area contributed by atoms with Crippen molar-refractivity contribution in [2.75, 3.05) is 33.4 Å². The quantitative estimate of drug-likeness (QED) is 0.506. The first kappa shape index (κ1) is 30.8. The van der Waals surface area contributed by atoms with E-state index in [1.54, 1.807) is 30.7 Å². The van der Waals surface area contributed by atoms with Crippen molar-refractivity contribution in [2.45, 2.75) is 103 Å². The van der Waals surface area contributed by atoms with Crippen molar-refractivity contribution in [3.05, 3.63) is 0 Å². The molecule has 0 spiro atoms. The second-order valence-electron chi connectivity index (χ2n) is 10.3. The fourth-order valence-electron chi connectivity index (χ4n) is 4.52. The van der Waals surface area contributed by atoms with Crippen molar-refractivity contribution < 1.29 is 28.7 Å². The first-order chi connectivity index (χ1) is 16.3. The van der Waals surface area contributed by atoms with E-state index >= 15 is 0 Å². The Hall–Kier alpha value is -2.20. The number of esters is 2. The van der Waals surface area contributed by atoms with E-state index in [0.717, 1.165) is 32.1 Å². The molecule has 0 radical (unpaired) electrons. The molecule has 0 aromatic carbocycles. The molecule has 2 rings (SSSR count). The van der Waals surface area contributed by atoms with Crippen LogP contribution >= 0.6 is 0 Å². The van der Waals surface area contributed by atoms with Gasteiger partial charge >= 0.3 is 11.9 Å². The average Bonchev–Trinajstić information content (AvgIpc) is 2.93. The Morgan fingerprint density at radius 1 is 0.886 bits per heavy atom. The molecule has 0 aliphatic carbocycles. The second kappa shape index (κ2) is 13.8. The molecule has 0 unspecified atom stereocenters. The summed E-state index contributed by atoms with van der Waals surface area (Å²) in [5.41, 5.74) is 5.16. The van der Waals surface area contributed by atoms with Crippen LogP contribution < -0.4 is 11.1 Å². The van der Waals surface area contributed by atoms with Crippen molar-refractivity contribution >= 4 is 23.8 Å². The summed E-state index contributed by atoms with van der Waals surface area (Å²) in [6.45, 7) is 12.1. The van der Waals surface area contributed by atoms with Gasteiger partial charge in [0.1, 0.15) is 13.1 Å². The summed E-state index contributed by atoms with van der Waals surface area (Å²) in [7, 11) is 1.78. The van der Waals surface area contributed by atoms with E-state index < -0.39 is 6.04 Å². The third kappa shape index (κ3) is 9.07. The van der Waals surface area contributed by atoms with Crippen LogP contribution in [0, 0.1) is 0 Å². The van der Waals surface area contributed by atoms with Crippen LogP contribution in [0.3, 0.4) is 0 Å². The Balaban J connectivity index is 0.000000351. The number of rotatable bonds is 7. The van der Waals surface area contributed by atoms with Crippen LogP contribution in [-0.4, -0.2) is 90.1 Å². The van der Waals surface area contributed by atoms with Crippen molar-refractivity contribution in [3.63, 3.8) is 0 Å². The lowest BCUT2D eigenvalue weighted by atomic mass is 9.97. The zero-order valence-corrected chi connectivity index (χ0v) is 22.6. The molecule has 2 aliphatic heterocycles. The SMILES string of the molecule is CCOC(=O)CN1C(=O)[C@@H](N)CCCC1(C)C.CCOC(=O)CN1C(=O)[C@@H](NC)CCCC1(C)C. The lowest BCUT2D eigenvalue weighted by Gasteiger charge is -2.37. The number of hydrogen-bond acceptors (Lipinski definition) is 8. The highest BCUT2D eigenvalue weighted by atomic mass is 16.5. The van der Waals surface area contributed by atoms with Gasteiger partial charge in [0.25, 0.3) is 0 Å². The van der Waals surface area contributed by atoms with Crippen molar-refractivity contribution in [1.29, 1.82) is 0 Å². The normalized spacial score (nSPS) is 24.0. The molecule has 2 amide bonds. The molecular weight excluding hydrogens is 452 g/mol. The number of carbonyl (C=O) groups excluding carboxylic acids is 4. The smallest absolute Gasteiger partial charge is 0.325 e. The van der Waals surface area contributed by atoms with Gasteiger partial charge in [0.2, 0.25) is 11.8 Å². The number of nitrogens with zero attached hydrogens (tertiary/aromatic N) is 2. The van der Waals surface area contributed by atoms with Gasteiger partial charge in [-0.3, -0.25) is 19.2 Å². The average molecular weight is 499 g/mol. The van der Waals surface area contributed by atoms with Gasteiger partial charge in [0.05, 0.1) is 25.3 Å². The van der Waals surface area contributed by atoms with Gasteiger partial charge < -0.3 is 30.3 Å². The van der Waals surface area contributed by atoms with Crippen LogP contribution in [-0.2, 0) is 28.7 Å². The zero-order valence-electron chi connectivity index (χ0n) is 22.6. The largest absolute Gasteiger partial charge is 0.465 e. The fourth-order valence-corrected chi connectivity index (χ4v) is 4.52. The van der Waals surface area contributed by atoms with Gasteiger partial charge in [-0.15, -0.1) is 0 Å². The monoisotopic (exact) mass is 498 g/mol. The molecule has 2 saturated heterocycles. The van der Waals surface area contributed by atoms with Gasteiger partial charge in [0, 0.05) is 11.1 Å². The number of carbonyl (C=O) groups is 4. The first-order valence-electron chi connectivity index (χ1n) is 12.7. The third-order valence-electron chi connectivity index (χ3n) is 6.73. The maximum atomic E-state index is 12.4. The van der Waals surface area contributed by atoms with Crippen molar-refractivity contribution in [2.24, 2.45) is 5.73 Å². The lowest BCUT2D eigenvalue weighted by molar-refractivity contribution is -0.153. The third-order valence-corrected chi connectivity index (χ3v) is 6.73. The van der Waals surface area contributed by atoms with E-state index in [1.807, 2.05) is 27.7 Å². The van der Waals surface area contributed by atoms with E-state index in [4.69, 9.17) is 15.2 Å². The summed E-state index contributed by atoms with van der Waals surface area (Å²) < 4.78 is 9.83. The molecule has 202 valence electrons. The molecular formula is C25H46N4O6. The van der Waals surface area contributed by atoms with E-state index in [9.17, 15) is 19.2 Å². The number of amides is 2. The molecule has 2 fully saturated rings. The molecule has 0 bridgehead atoms. The summed E-state index contributed by atoms with van der Waals surface area (Å²) in [6, 6.07) is -0.688. The Labute approximate surface area is 210 Å². The Kier molecular flexibility index (Phi) is 12.1. The van der Waals surface area contributed by atoms with E-state index in [2.05, 4.69) is 5.32 Å². The Morgan fingerprint density at radius 3 is 1.74 bits per heavy atom. The Morgan fingerprint density at radius 2 is 1.31 bits per heavy atom. The second-order valence-corrected chi connectivity index (χ2v) is 10.3. The van der Waals surface area contributed by atoms with Crippen LogP contribution in [0.5, 0.6) is 0 Å². The van der Waals surface area contributed by atoms with E-state index in [-0.39, 0.29) is 54.0 Å². The number of likely N-dealkylation sites (N-methyl/N-ethyl adjacent to an activating group) is 1. The van der Waals surface area contributed by atoms with Gasteiger partial charge in [-0.25, -0.2) is 0 Å². The molecule has 0 aromatic heterocycles. The molecule has 35 heavy (non-hydrogen) atoms. The number of nitrogens with two attached hydrogens (primary N) is 1. The summed E-state index contributed by atoms with van der Waals surface area (Å²) in [6.07, 6.45) is 5.13. The number of ether oxygens (including phenoxy) is 2. The fraction of sp³-hybridized carbons (Fsp3) is 0.840. The minimum Gasteiger partial charge on any atom is -0.465 e. The molecule has 10 nitrogen and oxygen atoms in total. The molecule has 0 aromatic rings. The summed E-state index contributed by atoms with van der Waals surface area (Å²) >= 11 is 0. The van der Waals surface area contributed by atoms with Crippen LogP contribution in [0.4, 0.5) is 0 Å². The highest BCUT2D eigenvalue weighted by Gasteiger charge is 2.39. The minimum atomic E-state index is -0.494. The number of nitrogens with one attached hydrogen (secondary N) is 1.